The van der Waals surface area contributed by atoms with Crippen LogP contribution >= 0.6 is 0 Å². The molecule has 1 saturated carbocycles. The number of Topliss-reactive ketones (excluding diaryl/α,β-unsaturated/α-hetero) is 1. The molecular weight excluding hydrogens is 231 g/mol. The van der Waals surface area contributed by atoms with E-state index >= 15 is 0 Å². The molecule has 2 aliphatic rings. The average molecular weight is 248 g/mol. The molecule has 0 amide bonds. The van der Waals surface area contributed by atoms with Gasteiger partial charge in [-0.05, 0) is 36.8 Å². The highest BCUT2D eigenvalue weighted by atomic mass is 19.1. The minimum atomic E-state index is -0.401. The van der Waals surface area contributed by atoms with Crippen molar-refractivity contribution in [3.05, 3.63) is 29.6 Å². The van der Waals surface area contributed by atoms with E-state index in [1.807, 2.05) is 0 Å². The van der Waals surface area contributed by atoms with Crippen molar-refractivity contribution in [2.75, 3.05) is 0 Å². The summed E-state index contributed by atoms with van der Waals surface area (Å²) in [4.78, 5) is 12.2. The highest BCUT2D eigenvalue weighted by Crippen LogP contribution is 2.50. The largest absolute Gasteiger partial charge is 0.486 e. The molecule has 0 radical (unpaired) electrons. The van der Waals surface area contributed by atoms with Gasteiger partial charge in [-0.15, -0.1) is 0 Å². The first-order valence-electron chi connectivity index (χ1n) is 6.41. The van der Waals surface area contributed by atoms with Crippen molar-refractivity contribution in [2.45, 2.75) is 45.1 Å². The number of ketones is 1. The lowest BCUT2D eigenvalue weighted by atomic mass is 9.84. The van der Waals surface area contributed by atoms with Crippen molar-refractivity contribution >= 4 is 5.78 Å². The lowest BCUT2D eigenvalue weighted by Crippen LogP contribution is -2.40. The van der Waals surface area contributed by atoms with Crippen LogP contribution in [-0.4, -0.2) is 11.4 Å². The Labute approximate surface area is 106 Å². The maximum atomic E-state index is 13.3. The molecule has 18 heavy (non-hydrogen) atoms. The van der Waals surface area contributed by atoms with Crippen LogP contribution in [0.2, 0.25) is 0 Å². The summed E-state index contributed by atoms with van der Waals surface area (Å²) in [7, 11) is 0. The molecule has 0 saturated heterocycles. The summed E-state index contributed by atoms with van der Waals surface area (Å²) in [5, 5.41) is 0. The molecule has 0 bridgehead atoms. The zero-order valence-corrected chi connectivity index (χ0v) is 10.8. The Kier molecular flexibility index (Phi) is 2.31. The van der Waals surface area contributed by atoms with E-state index in [4.69, 9.17) is 4.74 Å². The fraction of sp³-hybridized carbons (Fsp3) is 0.533. The summed E-state index contributed by atoms with van der Waals surface area (Å²) >= 11 is 0. The molecule has 96 valence electrons. The Bertz CT molecular complexity index is 521. The minimum Gasteiger partial charge on any atom is -0.486 e. The fourth-order valence-corrected chi connectivity index (χ4v) is 3.32. The number of benzene rings is 1. The molecule has 1 aromatic rings. The van der Waals surface area contributed by atoms with Gasteiger partial charge in [-0.3, -0.25) is 4.79 Å². The number of hydrogen-bond acceptors (Lipinski definition) is 2. The van der Waals surface area contributed by atoms with Crippen LogP contribution in [0.15, 0.2) is 18.2 Å². The molecule has 1 aliphatic heterocycles. The van der Waals surface area contributed by atoms with E-state index < -0.39 is 5.60 Å². The number of ether oxygens (including phenoxy) is 1. The molecule has 1 fully saturated rings. The molecule has 0 N–H and O–H groups in total. The standard InChI is InChI=1S/C15H17FO2/c1-14(2)5-6-15(9-14)8-12(17)11-4-3-10(16)7-13(11)18-15/h3-4,7H,5-6,8-9H2,1-2H3. The van der Waals surface area contributed by atoms with Crippen LogP contribution in [-0.2, 0) is 0 Å². The molecule has 3 rings (SSSR count). The topological polar surface area (TPSA) is 26.3 Å². The van der Waals surface area contributed by atoms with Crippen LogP contribution < -0.4 is 4.74 Å². The quantitative estimate of drug-likeness (QED) is 0.699. The SMILES string of the molecule is CC1(C)CCC2(CC(=O)c3ccc(F)cc3O2)C1. The van der Waals surface area contributed by atoms with E-state index in [0.717, 1.165) is 19.3 Å². The Balaban J connectivity index is 1.99. The van der Waals surface area contributed by atoms with Crippen molar-refractivity contribution in [2.24, 2.45) is 5.41 Å². The Hall–Kier alpha value is -1.38. The van der Waals surface area contributed by atoms with Crippen LogP contribution in [0.3, 0.4) is 0 Å². The van der Waals surface area contributed by atoms with Crippen LogP contribution in [0, 0.1) is 11.2 Å². The molecule has 1 heterocycles. The summed E-state index contributed by atoms with van der Waals surface area (Å²) < 4.78 is 19.3. The molecule has 3 heteroatoms. The van der Waals surface area contributed by atoms with E-state index in [9.17, 15) is 9.18 Å². The second-order valence-corrected chi connectivity index (χ2v) is 6.37. The molecule has 0 aromatic heterocycles. The number of carbonyl (C=O) groups is 1. The zero-order valence-electron chi connectivity index (χ0n) is 10.8. The first-order chi connectivity index (χ1) is 8.39. The van der Waals surface area contributed by atoms with Crippen molar-refractivity contribution in [1.29, 1.82) is 0 Å². The summed E-state index contributed by atoms with van der Waals surface area (Å²) in [6.07, 6.45) is 3.21. The van der Waals surface area contributed by atoms with Crippen molar-refractivity contribution < 1.29 is 13.9 Å². The van der Waals surface area contributed by atoms with E-state index in [-0.39, 0.29) is 17.0 Å². The van der Waals surface area contributed by atoms with Crippen LogP contribution in [0.25, 0.3) is 0 Å². The highest BCUT2D eigenvalue weighted by molar-refractivity contribution is 6.00. The van der Waals surface area contributed by atoms with Gasteiger partial charge in [0.2, 0.25) is 0 Å². The van der Waals surface area contributed by atoms with Gasteiger partial charge < -0.3 is 4.74 Å². The first kappa shape index (κ1) is 11.7. The van der Waals surface area contributed by atoms with Gasteiger partial charge in [0.25, 0.3) is 0 Å². The molecule has 1 spiro atoms. The summed E-state index contributed by atoms with van der Waals surface area (Å²) in [6, 6.07) is 4.18. The van der Waals surface area contributed by atoms with Crippen LogP contribution in [0.1, 0.15) is 49.9 Å². The van der Waals surface area contributed by atoms with Crippen molar-refractivity contribution in [1.82, 2.24) is 0 Å². The number of halogens is 1. The van der Waals surface area contributed by atoms with Gasteiger partial charge in [0, 0.05) is 6.07 Å². The van der Waals surface area contributed by atoms with Crippen LogP contribution in [0.4, 0.5) is 4.39 Å². The summed E-state index contributed by atoms with van der Waals surface area (Å²) in [6.45, 7) is 4.38. The number of carbonyl (C=O) groups excluding carboxylic acids is 1. The second kappa shape index (κ2) is 3.56. The van der Waals surface area contributed by atoms with Crippen LogP contribution in [0.5, 0.6) is 5.75 Å². The second-order valence-electron chi connectivity index (χ2n) is 6.37. The van der Waals surface area contributed by atoms with Crippen molar-refractivity contribution in [3.63, 3.8) is 0 Å². The van der Waals surface area contributed by atoms with Gasteiger partial charge in [0.05, 0.1) is 12.0 Å². The van der Waals surface area contributed by atoms with Gasteiger partial charge in [-0.1, -0.05) is 13.8 Å². The Morgan fingerprint density at radius 3 is 2.72 bits per heavy atom. The fourth-order valence-electron chi connectivity index (χ4n) is 3.32. The Morgan fingerprint density at radius 2 is 2.06 bits per heavy atom. The lowest BCUT2D eigenvalue weighted by Gasteiger charge is -2.35. The predicted molar refractivity (Wildman–Crippen MR) is 66.3 cm³/mol. The number of hydrogen-bond donors (Lipinski definition) is 0. The third-order valence-corrected chi connectivity index (χ3v) is 4.11. The molecule has 1 unspecified atom stereocenters. The highest BCUT2D eigenvalue weighted by Gasteiger charge is 2.49. The third-order valence-electron chi connectivity index (χ3n) is 4.11. The smallest absolute Gasteiger partial charge is 0.170 e. The third kappa shape index (κ3) is 1.82. The van der Waals surface area contributed by atoms with E-state index in [2.05, 4.69) is 13.8 Å². The normalized spacial score (nSPS) is 29.2. The maximum Gasteiger partial charge on any atom is 0.170 e. The van der Waals surface area contributed by atoms with Gasteiger partial charge in [0.1, 0.15) is 17.2 Å². The van der Waals surface area contributed by atoms with E-state index in [1.54, 1.807) is 0 Å². The van der Waals surface area contributed by atoms with Gasteiger partial charge in [0.15, 0.2) is 5.78 Å². The van der Waals surface area contributed by atoms with Crippen molar-refractivity contribution in [3.8, 4) is 5.75 Å². The summed E-state index contributed by atoms with van der Waals surface area (Å²) in [5.74, 6) is 0.147. The number of rotatable bonds is 0. The zero-order chi connectivity index (χ0) is 13.0. The molecule has 1 atom stereocenters. The summed E-state index contributed by atoms with van der Waals surface area (Å²) in [5.41, 5.74) is 0.318. The molecular formula is C15H17FO2. The molecule has 2 nitrogen and oxygen atoms in total. The molecule has 1 aliphatic carbocycles. The van der Waals surface area contributed by atoms with Gasteiger partial charge in [-0.25, -0.2) is 4.39 Å². The number of fused-ring (bicyclic) bond motifs is 1. The maximum absolute atomic E-state index is 13.3. The van der Waals surface area contributed by atoms with E-state index in [1.165, 1.54) is 18.2 Å². The van der Waals surface area contributed by atoms with Gasteiger partial charge in [-0.2, -0.15) is 0 Å². The van der Waals surface area contributed by atoms with Gasteiger partial charge >= 0.3 is 0 Å². The van der Waals surface area contributed by atoms with E-state index in [0.29, 0.717) is 17.7 Å². The monoisotopic (exact) mass is 248 g/mol. The average Bonchev–Trinajstić information content (AvgIpc) is 2.53. The minimum absolute atomic E-state index is 0.0777. The first-order valence-corrected chi connectivity index (χ1v) is 6.41. The predicted octanol–water partition coefficient (Wildman–Crippen LogP) is 3.74. The molecule has 1 aromatic carbocycles. The lowest BCUT2D eigenvalue weighted by molar-refractivity contribution is 0.0383. The Morgan fingerprint density at radius 1 is 1.28 bits per heavy atom.